The van der Waals surface area contributed by atoms with Gasteiger partial charge in [-0.2, -0.15) is 10.5 Å². The summed E-state index contributed by atoms with van der Waals surface area (Å²) >= 11 is 0. The topological polar surface area (TPSA) is 66.0 Å². The van der Waals surface area contributed by atoms with Crippen molar-refractivity contribution in [2.24, 2.45) is 0 Å². The van der Waals surface area contributed by atoms with Gasteiger partial charge < -0.3 is 9.47 Å². The zero-order valence-corrected chi connectivity index (χ0v) is 9.35. The van der Waals surface area contributed by atoms with Crippen LogP contribution in [0, 0.1) is 22.7 Å². The van der Waals surface area contributed by atoms with Gasteiger partial charge in [0.05, 0.1) is 24.3 Å². The fourth-order valence-electron chi connectivity index (χ4n) is 1.80. The van der Waals surface area contributed by atoms with Crippen molar-refractivity contribution in [3.05, 3.63) is 29.3 Å². The van der Waals surface area contributed by atoms with Gasteiger partial charge in [-0.05, 0) is 12.1 Å². The van der Waals surface area contributed by atoms with Crippen LogP contribution in [-0.4, -0.2) is 19.3 Å². The van der Waals surface area contributed by atoms with E-state index in [0.29, 0.717) is 30.1 Å². The minimum absolute atomic E-state index is 0.0327. The quantitative estimate of drug-likeness (QED) is 0.776. The summed E-state index contributed by atoms with van der Waals surface area (Å²) in [6, 6.07) is 9.12. The minimum atomic E-state index is 0.0327. The lowest BCUT2D eigenvalue weighted by Gasteiger charge is -2.24. The van der Waals surface area contributed by atoms with Crippen LogP contribution in [0.5, 0.6) is 5.75 Å². The second-order valence-electron chi connectivity index (χ2n) is 3.84. The number of rotatable bonds is 2. The number of hydrogen-bond donors (Lipinski definition) is 0. The average molecular weight is 228 g/mol. The molecule has 1 aliphatic rings. The molecule has 1 saturated heterocycles. The highest BCUT2D eigenvalue weighted by molar-refractivity contribution is 5.53. The third kappa shape index (κ3) is 2.55. The van der Waals surface area contributed by atoms with Gasteiger partial charge in [-0.25, -0.2) is 0 Å². The largest absolute Gasteiger partial charge is 0.487 e. The van der Waals surface area contributed by atoms with E-state index >= 15 is 0 Å². The summed E-state index contributed by atoms with van der Waals surface area (Å²) in [5.74, 6) is 0.407. The molecule has 1 fully saturated rings. The van der Waals surface area contributed by atoms with Crippen LogP contribution in [0.3, 0.4) is 0 Å². The molecule has 86 valence electrons. The lowest BCUT2D eigenvalue weighted by Crippen LogP contribution is -2.26. The third-order valence-electron chi connectivity index (χ3n) is 2.71. The van der Waals surface area contributed by atoms with Crippen LogP contribution in [0.4, 0.5) is 0 Å². The van der Waals surface area contributed by atoms with Crippen LogP contribution in [0.2, 0.25) is 0 Å². The van der Waals surface area contributed by atoms with Crippen LogP contribution in [-0.2, 0) is 4.74 Å². The molecule has 17 heavy (non-hydrogen) atoms. The van der Waals surface area contributed by atoms with E-state index in [1.807, 2.05) is 0 Å². The minimum Gasteiger partial charge on any atom is -0.487 e. The molecule has 4 heteroatoms. The number of ether oxygens (including phenoxy) is 2. The van der Waals surface area contributed by atoms with E-state index in [4.69, 9.17) is 20.0 Å². The molecular formula is C13H12N2O2. The summed E-state index contributed by atoms with van der Waals surface area (Å²) in [7, 11) is 0. The summed E-state index contributed by atoms with van der Waals surface area (Å²) in [5.41, 5.74) is 0.825. The Morgan fingerprint density at radius 3 is 2.24 bits per heavy atom. The number of benzene rings is 1. The molecule has 0 aliphatic carbocycles. The Kier molecular flexibility index (Phi) is 3.59. The second-order valence-corrected chi connectivity index (χ2v) is 3.84. The van der Waals surface area contributed by atoms with Gasteiger partial charge in [0.2, 0.25) is 0 Å². The van der Waals surface area contributed by atoms with Gasteiger partial charge >= 0.3 is 0 Å². The molecule has 2 rings (SSSR count). The fourth-order valence-corrected chi connectivity index (χ4v) is 1.80. The molecule has 0 aromatic heterocycles. The molecule has 0 spiro atoms. The SMILES string of the molecule is N#Cc1cccc(C#N)c1OC1CCOCC1. The van der Waals surface area contributed by atoms with E-state index in [0.717, 1.165) is 12.8 Å². The molecule has 0 N–H and O–H groups in total. The molecule has 1 heterocycles. The van der Waals surface area contributed by atoms with Crippen molar-refractivity contribution in [2.45, 2.75) is 18.9 Å². The van der Waals surface area contributed by atoms with Gasteiger partial charge in [0.25, 0.3) is 0 Å². The van der Waals surface area contributed by atoms with Crippen molar-refractivity contribution in [2.75, 3.05) is 13.2 Å². The molecule has 0 atom stereocenters. The first-order valence-corrected chi connectivity index (χ1v) is 5.52. The normalized spacial score (nSPS) is 15.9. The van der Waals surface area contributed by atoms with E-state index in [-0.39, 0.29) is 6.10 Å². The Hall–Kier alpha value is -2.04. The Morgan fingerprint density at radius 1 is 1.12 bits per heavy atom. The first-order valence-electron chi connectivity index (χ1n) is 5.52. The molecule has 1 aromatic rings. The molecule has 0 unspecified atom stereocenters. The van der Waals surface area contributed by atoms with Gasteiger partial charge in [0.15, 0.2) is 5.75 Å². The molecule has 0 amide bonds. The summed E-state index contributed by atoms with van der Waals surface area (Å²) in [4.78, 5) is 0. The van der Waals surface area contributed by atoms with E-state index in [1.54, 1.807) is 18.2 Å². The van der Waals surface area contributed by atoms with Crippen molar-refractivity contribution >= 4 is 0 Å². The van der Waals surface area contributed by atoms with Gasteiger partial charge in [-0.1, -0.05) is 6.07 Å². The molecular weight excluding hydrogens is 216 g/mol. The molecule has 0 radical (unpaired) electrons. The molecule has 1 aliphatic heterocycles. The maximum absolute atomic E-state index is 9.00. The van der Waals surface area contributed by atoms with Crippen LogP contribution >= 0.6 is 0 Å². The van der Waals surface area contributed by atoms with Crippen molar-refractivity contribution in [1.82, 2.24) is 0 Å². The summed E-state index contributed by atoms with van der Waals surface area (Å²) in [6.45, 7) is 1.34. The smallest absolute Gasteiger partial charge is 0.155 e. The Morgan fingerprint density at radius 2 is 1.71 bits per heavy atom. The van der Waals surface area contributed by atoms with Crippen LogP contribution in [0.1, 0.15) is 24.0 Å². The standard InChI is InChI=1S/C13H12N2O2/c14-8-10-2-1-3-11(9-15)13(10)17-12-4-6-16-7-5-12/h1-3,12H,4-7H2. The summed E-state index contributed by atoms with van der Waals surface area (Å²) < 4.78 is 11.0. The van der Waals surface area contributed by atoms with Gasteiger partial charge in [-0.3, -0.25) is 0 Å². The van der Waals surface area contributed by atoms with E-state index in [2.05, 4.69) is 12.1 Å². The zero-order valence-electron chi connectivity index (χ0n) is 9.35. The Balaban J connectivity index is 2.24. The van der Waals surface area contributed by atoms with E-state index in [9.17, 15) is 0 Å². The number of nitrogens with zero attached hydrogens (tertiary/aromatic N) is 2. The number of para-hydroxylation sites is 1. The lowest BCUT2D eigenvalue weighted by molar-refractivity contribution is 0.0253. The average Bonchev–Trinajstić information content (AvgIpc) is 2.40. The van der Waals surface area contributed by atoms with Crippen LogP contribution in [0.25, 0.3) is 0 Å². The monoisotopic (exact) mass is 228 g/mol. The van der Waals surface area contributed by atoms with Crippen LogP contribution < -0.4 is 4.74 Å². The highest BCUT2D eigenvalue weighted by Gasteiger charge is 2.19. The first kappa shape index (κ1) is 11.4. The van der Waals surface area contributed by atoms with Crippen LogP contribution in [0.15, 0.2) is 18.2 Å². The maximum Gasteiger partial charge on any atom is 0.155 e. The molecule has 0 bridgehead atoms. The van der Waals surface area contributed by atoms with Gasteiger partial charge in [0, 0.05) is 12.8 Å². The third-order valence-corrected chi connectivity index (χ3v) is 2.71. The second kappa shape index (κ2) is 5.34. The Bertz CT molecular complexity index is 447. The predicted octanol–water partition coefficient (Wildman–Crippen LogP) is 1.99. The lowest BCUT2D eigenvalue weighted by atomic mass is 10.1. The predicted molar refractivity (Wildman–Crippen MR) is 60.3 cm³/mol. The summed E-state index contributed by atoms with van der Waals surface area (Å²) in [6.07, 6.45) is 1.63. The number of hydrogen-bond acceptors (Lipinski definition) is 4. The molecule has 0 saturated carbocycles. The highest BCUT2D eigenvalue weighted by atomic mass is 16.5. The van der Waals surface area contributed by atoms with E-state index < -0.39 is 0 Å². The van der Waals surface area contributed by atoms with Crippen molar-refractivity contribution < 1.29 is 9.47 Å². The van der Waals surface area contributed by atoms with Crippen molar-refractivity contribution in [3.63, 3.8) is 0 Å². The van der Waals surface area contributed by atoms with Gasteiger partial charge in [-0.15, -0.1) is 0 Å². The van der Waals surface area contributed by atoms with Crippen molar-refractivity contribution in [3.8, 4) is 17.9 Å². The number of nitriles is 2. The van der Waals surface area contributed by atoms with E-state index in [1.165, 1.54) is 0 Å². The summed E-state index contributed by atoms with van der Waals surface area (Å²) in [5, 5.41) is 18.0. The molecule has 4 nitrogen and oxygen atoms in total. The fraction of sp³-hybridized carbons (Fsp3) is 0.385. The molecule has 1 aromatic carbocycles. The van der Waals surface area contributed by atoms with Gasteiger partial charge in [0.1, 0.15) is 18.2 Å². The maximum atomic E-state index is 9.00. The first-order chi connectivity index (χ1) is 8.35. The Labute approximate surface area is 100.0 Å². The highest BCUT2D eigenvalue weighted by Crippen LogP contribution is 2.26. The zero-order chi connectivity index (χ0) is 12.1. The van der Waals surface area contributed by atoms with Crippen molar-refractivity contribution in [1.29, 1.82) is 10.5 Å².